The summed E-state index contributed by atoms with van der Waals surface area (Å²) < 4.78 is 5.25. The zero-order valence-corrected chi connectivity index (χ0v) is 15.3. The maximum Gasteiger partial charge on any atom is 0.197 e. The van der Waals surface area contributed by atoms with Crippen LogP contribution in [0.4, 0.5) is 5.82 Å². The Morgan fingerprint density at radius 3 is 2.65 bits per heavy atom. The molecule has 0 fully saturated rings. The van der Waals surface area contributed by atoms with E-state index in [0.29, 0.717) is 22.5 Å². The van der Waals surface area contributed by atoms with Crippen molar-refractivity contribution in [3.63, 3.8) is 0 Å². The SMILES string of the molecule is C=Nc1[nH]c(C)c(C(=O)c2cccnc2)c1/C=C(\C)c1c(C)noc1C. The third-order valence-electron chi connectivity index (χ3n) is 4.30. The van der Waals surface area contributed by atoms with E-state index in [0.717, 1.165) is 28.3 Å². The summed E-state index contributed by atoms with van der Waals surface area (Å²) in [4.78, 5) is 24.3. The van der Waals surface area contributed by atoms with Crippen LogP contribution in [0, 0.1) is 20.8 Å². The minimum atomic E-state index is -0.112. The number of carbonyl (C=O) groups excluding carboxylic acids is 1. The van der Waals surface area contributed by atoms with Gasteiger partial charge in [0, 0.05) is 34.8 Å². The zero-order chi connectivity index (χ0) is 18.8. The van der Waals surface area contributed by atoms with Crippen molar-refractivity contribution in [2.75, 3.05) is 0 Å². The van der Waals surface area contributed by atoms with Crippen LogP contribution >= 0.6 is 0 Å². The predicted octanol–water partition coefficient (Wildman–Crippen LogP) is 4.45. The van der Waals surface area contributed by atoms with Gasteiger partial charge in [-0.05, 0) is 58.2 Å². The van der Waals surface area contributed by atoms with Crippen LogP contribution in [0.1, 0.15) is 51.1 Å². The lowest BCUT2D eigenvalue weighted by atomic mass is 9.97. The van der Waals surface area contributed by atoms with E-state index in [2.05, 4.69) is 26.8 Å². The van der Waals surface area contributed by atoms with E-state index >= 15 is 0 Å². The van der Waals surface area contributed by atoms with Gasteiger partial charge in [-0.1, -0.05) is 5.16 Å². The number of hydrogen-bond donors (Lipinski definition) is 1. The zero-order valence-electron chi connectivity index (χ0n) is 15.3. The molecule has 0 saturated heterocycles. The maximum absolute atomic E-state index is 13.0. The van der Waals surface area contributed by atoms with E-state index < -0.39 is 0 Å². The van der Waals surface area contributed by atoms with Crippen LogP contribution in [0.2, 0.25) is 0 Å². The van der Waals surface area contributed by atoms with Gasteiger partial charge in [-0.3, -0.25) is 9.78 Å². The summed E-state index contributed by atoms with van der Waals surface area (Å²) in [7, 11) is 0. The highest BCUT2D eigenvalue weighted by atomic mass is 16.5. The first kappa shape index (κ1) is 17.5. The van der Waals surface area contributed by atoms with Crippen molar-refractivity contribution in [3.05, 3.63) is 63.9 Å². The minimum absolute atomic E-state index is 0.112. The molecule has 0 aromatic carbocycles. The number of aromatic amines is 1. The largest absolute Gasteiger partial charge is 0.361 e. The van der Waals surface area contributed by atoms with Crippen molar-refractivity contribution >= 4 is 30.0 Å². The van der Waals surface area contributed by atoms with Crippen LogP contribution in [-0.2, 0) is 0 Å². The fourth-order valence-electron chi connectivity index (χ4n) is 3.16. The molecule has 0 radical (unpaired) electrons. The third-order valence-corrected chi connectivity index (χ3v) is 4.30. The lowest BCUT2D eigenvalue weighted by Gasteiger charge is -2.05. The molecule has 0 atom stereocenters. The second-order valence-electron chi connectivity index (χ2n) is 6.14. The number of aryl methyl sites for hydroxylation is 3. The van der Waals surface area contributed by atoms with Crippen molar-refractivity contribution in [1.82, 2.24) is 15.1 Å². The number of aromatic nitrogens is 3. The minimum Gasteiger partial charge on any atom is -0.361 e. The summed E-state index contributed by atoms with van der Waals surface area (Å²) in [5.41, 5.74) is 5.19. The average Bonchev–Trinajstić information content (AvgIpc) is 3.13. The number of hydrogen-bond acceptors (Lipinski definition) is 5. The highest BCUT2D eigenvalue weighted by Crippen LogP contribution is 2.32. The Kier molecular flexibility index (Phi) is 4.67. The second kappa shape index (κ2) is 6.92. The Labute approximate surface area is 151 Å². The predicted molar refractivity (Wildman–Crippen MR) is 102 cm³/mol. The highest BCUT2D eigenvalue weighted by Gasteiger charge is 2.22. The first-order chi connectivity index (χ1) is 12.4. The topological polar surface area (TPSA) is 84.1 Å². The van der Waals surface area contributed by atoms with Crippen molar-refractivity contribution in [1.29, 1.82) is 0 Å². The maximum atomic E-state index is 13.0. The Bertz CT molecular complexity index is 991. The monoisotopic (exact) mass is 348 g/mol. The third kappa shape index (κ3) is 3.01. The number of pyridine rings is 1. The molecule has 0 unspecified atom stereocenters. The van der Waals surface area contributed by atoms with Gasteiger partial charge in [-0.25, -0.2) is 4.99 Å². The molecule has 3 heterocycles. The molecule has 3 aromatic heterocycles. The number of H-pyrrole nitrogens is 1. The van der Waals surface area contributed by atoms with Gasteiger partial charge < -0.3 is 9.51 Å². The molecule has 6 heteroatoms. The molecule has 0 aliphatic carbocycles. The summed E-state index contributed by atoms with van der Waals surface area (Å²) in [6.07, 6.45) is 5.12. The van der Waals surface area contributed by atoms with Crippen LogP contribution in [-0.4, -0.2) is 27.6 Å². The van der Waals surface area contributed by atoms with E-state index in [1.807, 2.05) is 33.8 Å². The molecule has 0 saturated carbocycles. The number of rotatable bonds is 5. The summed E-state index contributed by atoms with van der Waals surface area (Å²) >= 11 is 0. The fraction of sp³-hybridized carbons (Fsp3) is 0.200. The molecule has 0 aliphatic rings. The lowest BCUT2D eigenvalue weighted by Crippen LogP contribution is -2.04. The fourth-order valence-corrected chi connectivity index (χ4v) is 3.16. The number of ketones is 1. The molecule has 132 valence electrons. The quantitative estimate of drug-likeness (QED) is 0.545. The molecular formula is C20H20N4O2. The second-order valence-corrected chi connectivity index (χ2v) is 6.14. The molecule has 0 bridgehead atoms. The van der Waals surface area contributed by atoms with Gasteiger partial charge in [0.2, 0.25) is 0 Å². The van der Waals surface area contributed by atoms with Crippen molar-refractivity contribution in [2.45, 2.75) is 27.7 Å². The Balaban J connectivity index is 2.17. The summed E-state index contributed by atoms with van der Waals surface area (Å²) in [5, 5.41) is 4.00. The Hall–Kier alpha value is -3.28. The van der Waals surface area contributed by atoms with Gasteiger partial charge in [0.1, 0.15) is 11.6 Å². The molecule has 0 spiro atoms. The van der Waals surface area contributed by atoms with E-state index in [1.54, 1.807) is 24.5 Å². The molecular weight excluding hydrogens is 328 g/mol. The van der Waals surface area contributed by atoms with E-state index in [-0.39, 0.29) is 5.78 Å². The summed E-state index contributed by atoms with van der Waals surface area (Å²) in [6, 6.07) is 3.49. The van der Waals surface area contributed by atoms with E-state index in [9.17, 15) is 4.79 Å². The van der Waals surface area contributed by atoms with Crippen LogP contribution in [0.3, 0.4) is 0 Å². The van der Waals surface area contributed by atoms with Gasteiger partial charge in [0.05, 0.1) is 11.3 Å². The van der Waals surface area contributed by atoms with Gasteiger partial charge in [0.25, 0.3) is 0 Å². The van der Waals surface area contributed by atoms with E-state index in [4.69, 9.17) is 4.52 Å². The summed E-state index contributed by atoms with van der Waals surface area (Å²) in [5.74, 6) is 1.18. The van der Waals surface area contributed by atoms with E-state index in [1.165, 1.54) is 0 Å². The molecule has 3 aromatic rings. The molecule has 0 amide bonds. The molecule has 1 N–H and O–H groups in total. The Morgan fingerprint density at radius 2 is 2.08 bits per heavy atom. The van der Waals surface area contributed by atoms with Gasteiger partial charge in [-0.15, -0.1) is 0 Å². The highest BCUT2D eigenvalue weighted by molar-refractivity contribution is 6.13. The normalized spacial score (nSPS) is 11.6. The molecule has 0 aliphatic heterocycles. The molecule has 6 nitrogen and oxygen atoms in total. The number of nitrogens with one attached hydrogen (secondary N) is 1. The van der Waals surface area contributed by atoms with Crippen molar-refractivity contribution in [2.24, 2.45) is 4.99 Å². The first-order valence-electron chi connectivity index (χ1n) is 8.19. The smallest absolute Gasteiger partial charge is 0.197 e. The summed E-state index contributed by atoms with van der Waals surface area (Å²) in [6.45, 7) is 11.2. The van der Waals surface area contributed by atoms with Crippen LogP contribution in [0.25, 0.3) is 11.6 Å². The number of nitrogens with zero attached hydrogens (tertiary/aromatic N) is 3. The number of carbonyl (C=O) groups is 1. The molecule has 26 heavy (non-hydrogen) atoms. The van der Waals surface area contributed by atoms with Gasteiger partial charge in [-0.2, -0.15) is 0 Å². The average molecular weight is 348 g/mol. The van der Waals surface area contributed by atoms with Crippen molar-refractivity contribution in [3.8, 4) is 0 Å². The van der Waals surface area contributed by atoms with Crippen molar-refractivity contribution < 1.29 is 9.32 Å². The standard InChI is InChI=1S/C20H20N4O2/c1-11(17-13(3)24-26-14(17)4)9-16-18(12(2)23-20(16)21-5)19(25)15-7-6-8-22-10-15/h6-10,23H,5H2,1-4H3/b11-9+. The van der Waals surface area contributed by atoms with Crippen LogP contribution < -0.4 is 0 Å². The lowest BCUT2D eigenvalue weighted by molar-refractivity contribution is 0.103. The number of aliphatic imine (C=N–C) groups is 1. The number of allylic oxidation sites excluding steroid dienone is 1. The Morgan fingerprint density at radius 1 is 1.31 bits per heavy atom. The van der Waals surface area contributed by atoms with Gasteiger partial charge in [0.15, 0.2) is 5.78 Å². The van der Waals surface area contributed by atoms with Crippen LogP contribution in [0.5, 0.6) is 0 Å². The molecule has 3 rings (SSSR count). The van der Waals surface area contributed by atoms with Gasteiger partial charge >= 0.3 is 0 Å². The first-order valence-corrected chi connectivity index (χ1v) is 8.19. The van der Waals surface area contributed by atoms with Crippen LogP contribution in [0.15, 0.2) is 34.0 Å².